The van der Waals surface area contributed by atoms with Gasteiger partial charge in [-0.15, -0.1) is 0 Å². The van der Waals surface area contributed by atoms with E-state index in [1.165, 1.54) is 0 Å². The lowest BCUT2D eigenvalue weighted by Crippen LogP contribution is -2.10. The lowest BCUT2D eigenvalue weighted by Gasteiger charge is -2.14. The molecule has 0 saturated heterocycles. The molecule has 0 amide bonds. The fourth-order valence-electron chi connectivity index (χ4n) is 2.17. The van der Waals surface area contributed by atoms with Crippen LogP contribution in [-0.2, 0) is 4.74 Å². The third-order valence-electron chi connectivity index (χ3n) is 3.36. The van der Waals surface area contributed by atoms with Crippen LogP contribution in [0.3, 0.4) is 0 Å². The molecule has 1 atom stereocenters. The summed E-state index contributed by atoms with van der Waals surface area (Å²) in [6, 6.07) is 12.2. The van der Waals surface area contributed by atoms with Crippen LogP contribution >= 0.6 is 23.2 Å². The van der Waals surface area contributed by atoms with Crippen LogP contribution in [0.1, 0.15) is 29.1 Å². The maximum atomic E-state index is 12.1. The Kier molecular flexibility index (Phi) is 4.46. The van der Waals surface area contributed by atoms with Crippen molar-refractivity contribution in [1.29, 1.82) is 0 Å². The summed E-state index contributed by atoms with van der Waals surface area (Å²) in [7, 11) is 0. The first-order valence-electron chi connectivity index (χ1n) is 6.92. The predicted molar refractivity (Wildman–Crippen MR) is 89.8 cm³/mol. The largest absolute Gasteiger partial charge is 0.453 e. The molecule has 3 rings (SSSR count). The number of hydrogen-bond donors (Lipinski definition) is 0. The molecular weight excluding hydrogens is 335 g/mol. The van der Waals surface area contributed by atoms with Crippen molar-refractivity contribution in [1.82, 2.24) is 9.97 Å². The average molecular weight is 347 g/mol. The SMILES string of the molecule is C[C@@H](OC(=O)c1ccccc1)c1cc2cnc(Cl)cc2c(Cl)n1. The van der Waals surface area contributed by atoms with Crippen molar-refractivity contribution < 1.29 is 9.53 Å². The van der Waals surface area contributed by atoms with Crippen LogP contribution in [0.15, 0.2) is 48.7 Å². The van der Waals surface area contributed by atoms with Gasteiger partial charge in [0.05, 0.1) is 11.3 Å². The van der Waals surface area contributed by atoms with Crippen LogP contribution in [-0.4, -0.2) is 15.9 Å². The van der Waals surface area contributed by atoms with Crippen LogP contribution < -0.4 is 0 Å². The minimum Gasteiger partial charge on any atom is -0.453 e. The molecule has 0 N–H and O–H groups in total. The van der Waals surface area contributed by atoms with Crippen molar-refractivity contribution in [3.8, 4) is 0 Å². The normalized spacial score (nSPS) is 12.1. The minimum atomic E-state index is -0.541. The van der Waals surface area contributed by atoms with Gasteiger partial charge in [0.15, 0.2) is 0 Å². The Balaban J connectivity index is 1.88. The standard InChI is InChI=1S/C17H12Cl2N2O2/c1-10(23-17(22)11-5-3-2-4-6-11)14-7-12-9-20-15(18)8-13(12)16(19)21-14/h2-10H,1H3/t10-/m1/s1. The van der Waals surface area contributed by atoms with Crippen LogP contribution in [0.2, 0.25) is 10.3 Å². The van der Waals surface area contributed by atoms with Gasteiger partial charge < -0.3 is 4.74 Å². The zero-order valence-corrected chi connectivity index (χ0v) is 13.7. The Morgan fingerprint density at radius 3 is 2.65 bits per heavy atom. The molecule has 1 aromatic carbocycles. The van der Waals surface area contributed by atoms with Gasteiger partial charge in [0.1, 0.15) is 16.4 Å². The number of carbonyl (C=O) groups is 1. The fraction of sp³-hybridized carbons (Fsp3) is 0.118. The van der Waals surface area contributed by atoms with E-state index in [4.69, 9.17) is 27.9 Å². The maximum absolute atomic E-state index is 12.1. The molecule has 0 fully saturated rings. The first-order chi connectivity index (χ1) is 11.0. The first-order valence-corrected chi connectivity index (χ1v) is 7.68. The molecule has 0 saturated carbocycles. The highest BCUT2D eigenvalue weighted by molar-refractivity contribution is 6.35. The van der Waals surface area contributed by atoms with E-state index in [2.05, 4.69) is 9.97 Å². The van der Waals surface area contributed by atoms with Gasteiger partial charge in [0.2, 0.25) is 0 Å². The van der Waals surface area contributed by atoms with Gasteiger partial charge in [-0.1, -0.05) is 41.4 Å². The number of ether oxygens (including phenoxy) is 1. The zero-order chi connectivity index (χ0) is 16.4. The van der Waals surface area contributed by atoms with E-state index in [1.54, 1.807) is 49.5 Å². The smallest absolute Gasteiger partial charge is 0.338 e. The van der Waals surface area contributed by atoms with E-state index >= 15 is 0 Å². The van der Waals surface area contributed by atoms with Crippen molar-refractivity contribution in [3.63, 3.8) is 0 Å². The summed E-state index contributed by atoms with van der Waals surface area (Å²) in [5.74, 6) is -0.412. The molecule has 4 nitrogen and oxygen atoms in total. The van der Waals surface area contributed by atoms with E-state index in [1.807, 2.05) is 6.07 Å². The Bertz CT molecular complexity index is 869. The van der Waals surface area contributed by atoms with Crippen LogP contribution in [0.25, 0.3) is 10.8 Å². The minimum absolute atomic E-state index is 0.296. The van der Waals surface area contributed by atoms with Crippen LogP contribution in [0.4, 0.5) is 0 Å². The second-order valence-corrected chi connectivity index (χ2v) is 5.72. The van der Waals surface area contributed by atoms with E-state index in [-0.39, 0.29) is 0 Å². The van der Waals surface area contributed by atoms with Gasteiger partial charge in [-0.3, -0.25) is 0 Å². The Morgan fingerprint density at radius 1 is 1.17 bits per heavy atom. The number of rotatable bonds is 3. The van der Waals surface area contributed by atoms with E-state index in [0.29, 0.717) is 26.9 Å². The van der Waals surface area contributed by atoms with Gasteiger partial charge in [-0.05, 0) is 31.2 Å². The van der Waals surface area contributed by atoms with Gasteiger partial charge in [0, 0.05) is 17.0 Å². The van der Waals surface area contributed by atoms with Gasteiger partial charge >= 0.3 is 5.97 Å². The summed E-state index contributed by atoms with van der Waals surface area (Å²) in [6.07, 6.45) is 1.07. The van der Waals surface area contributed by atoms with Crippen molar-refractivity contribution >= 4 is 39.9 Å². The highest BCUT2D eigenvalue weighted by Crippen LogP contribution is 2.27. The lowest BCUT2D eigenvalue weighted by atomic mass is 10.1. The number of pyridine rings is 2. The summed E-state index contributed by atoms with van der Waals surface area (Å²) >= 11 is 12.1. The molecule has 0 radical (unpaired) electrons. The Morgan fingerprint density at radius 2 is 1.91 bits per heavy atom. The molecule has 23 heavy (non-hydrogen) atoms. The number of hydrogen-bond acceptors (Lipinski definition) is 4. The number of aromatic nitrogens is 2. The summed E-state index contributed by atoms with van der Waals surface area (Å²) in [5, 5.41) is 2.13. The Hall–Kier alpha value is -2.17. The third kappa shape index (κ3) is 3.44. The van der Waals surface area contributed by atoms with E-state index in [0.717, 1.165) is 5.39 Å². The molecule has 0 aliphatic rings. The highest BCUT2D eigenvalue weighted by atomic mass is 35.5. The molecular formula is C17H12Cl2N2O2. The number of esters is 1. The van der Waals surface area contributed by atoms with Crippen molar-refractivity contribution in [3.05, 3.63) is 70.2 Å². The molecule has 2 aromatic heterocycles. The summed E-state index contributed by atoms with van der Waals surface area (Å²) < 4.78 is 5.44. The monoisotopic (exact) mass is 346 g/mol. The Labute approximate surface area is 143 Å². The van der Waals surface area contributed by atoms with E-state index < -0.39 is 12.1 Å². The first kappa shape index (κ1) is 15.7. The molecule has 6 heteroatoms. The number of fused-ring (bicyclic) bond motifs is 1. The fourth-order valence-corrected chi connectivity index (χ4v) is 2.59. The van der Waals surface area contributed by atoms with Crippen LogP contribution in [0, 0.1) is 0 Å². The number of carbonyl (C=O) groups excluding carboxylic acids is 1. The van der Waals surface area contributed by atoms with Crippen molar-refractivity contribution in [2.45, 2.75) is 13.0 Å². The molecule has 2 heterocycles. The molecule has 0 aliphatic heterocycles. The molecule has 0 unspecified atom stereocenters. The van der Waals surface area contributed by atoms with Crippen molar-refractivity contribution in [2.24, 2.45) is 0 Å². The van der Waals surface area contributed by atoms with E-state index in [9.17, 15) is 4.79 Å². The second kappa shape index (κ2) is 6.52. The lowest BCUT2D eigenvalue weighted by molar-refractivity contribution is 0.0329. The molecule has 0 bridgehead atoms. The second-order valence-electron chi connectivity index (χ2n) is 4.98. The van der Waals surface area contributed by atoms with Gasteiger partial charge in [0.25, 0.3) is 0 Å². The third-order valence-corrected chi connectivity index (χ3v) is 3.86. The number of halogens is 2. The predicted octanol–water partition coefficient (Wildman–Crippen LogP) is 4.85. The number of benzene rings is 1. The topological polar surface area (TPSA) is 52.1 Å². The number of nitrogens with zero attached hydrogens (tertiary/aromatic N) is 2. The molecule has 0 aliphatic carbocycles. The zero-order valence-electron chi connectivity index (χ0n) is 12.2. The molecule has 0 spiro atoms. The molecule has 116 valence electrons. The maximum Gasteiger partial charge on any atom is 0.338 e. The van der Waals surface area contributed by atoms with Gasteiger partial charge in [-0.2, -0.15) is 0 Å². The van der Waals surface area contributed by atoms with Crippen LogP contribution in [0.5, 0.6) is 0 Å². The molecule has 3 aromatic rings. The quantitative estimate of drug-likeness (QED) is 0.502. The van der Waals surface area contributed by atoms with Crippen molar-refractivity contribution in [2.75, 3.05) is 0 Å². The summed E-state index contributed by atoms with van der Waals surface area (Å²) in [6.45, 7) is 1.74. The summed E-state index contributed by atoms with van der Waals surface area (Å²) in [5.41, 5.74) is 1.04. The van der Waals surface area contributed by atoms with Gasteiger partial charge in [-0.25, -0.2) is 14.8 Å². The highest BCUT2D eigenvalue weighted by Gasteiger charge is 2.16. The summed E-state index contributed by atoms with van der Waals surface area (Å²) in [4.78, 5) is 20.4. The average Bonchev–Trinajstić information content (AvgIpc) is 2.56.